The van der Waals surface area contributed by atoms with Crippen LogP contribution in [0.4, 0.5) is 4.39 Å². The van der Waals surface area contributed by atoms with Gasteiger partial charge in [0.15, 0.2) is 6.67 Å². The van der Waals surface area contributed by atoms with Crippen LogP contribution in [0.3, 0.4) is 0 Å². The van der Waals surface area contributed by atoms with E-state index in [9.17, 15) is 9.18 Å². The highest BCUT2D eigenvalue weighted by Crippen LogP contribution is 2.18. The predicted molar refractivity (Wildman–Crippen MR) is 27.1 cm³/mol. The molecule has 0 aromatic rings. The first-order valence-electron chi connectivity index (χ1n) is 2.68. The zero-order valence-electron chi connectivity index (χ0n) is 4.48. The van der Waals surface area contributed by atoms with E-state index in [1.165, 1.54) is 0 Å². The molecule has 0 radical (unpaired) electrons. The second kappa shape index (κ2) is 2.11. The Hall–Kier alpha value is -0.600. The van der Waals surface area contributed by atoms with Crippen LogP contribution in [0.1, 0.15) is 12.8 Å². The molecule has 3 heteroatoms. The molecule has 0 unspecified atom stereocenters. The Kier molecular flexibility index (Phi) is 1.46. The molecule has 0 saturated heterocycles. The number of carbonyl (C=O) groups excluding carboxylic acids is 1. The molecule has 0 aromatic heterocycles. The average Bonchev–Trinajstić information content (AvgIpc) is 2.50. The molecule has 2 nitrogen and oxygen atoms in total. The van der Waals surface area contributed by atoms with E-state index in [-0.39, 0.29) is 0 Å². The van der Waals surface area contributed by atoms with Gasteiger partial charge in [-0.25, -0.2) is 4.39 Å². The van der Waals surface area contributed by atoms with Crippen molar-refractivity contribution in [2.24, 2.45) is 0 Å². The lowest BCUT2D eigenvalue weighted by molar-refractivity contribution is -0.122. The maximum Gasteiger partial charge on any atom is 0.251 e. The zero-order chi connectivity index (χ0) is 5.98. The fourth-order valence-corrected chi connectivity index (χ4v) is 0.494. The number of carbonyl (C=O) groups is 1. The molecule has 1 aliphatic carbocycles. The summed E-state index contributed by atoms with van der Waals surface area (Å²) in [6, 6.07) is 0.290. The van der Waals surface area contributed by atoms with Crippen LogP contribution >= 0.6 is 0 Å². The summed E-state index contributed by atoms with van der Waals surface area (Å²) in [5.41, 5.74) is 0. The Bertz CT molecular complexity index is 101. The number of nitrogens with one attached hydrogen (secondary N) is 1. The van der Waals surface area contributed by atoms with Gasteiger partial charge in [0.1, 0.15) is 0 Å². The SMILES string of the molecule is O=C(CF)NC1CC1. The summed E-state index contributed by atoms with van der Waals surface area (Å²) in [5.74, 6) is -0.479. The van der Waals surface area contributed by atoms with Crippen molar-refractivity contribution in [3.8, 4) is 0 Å². The van der Waals surface area contributed by atoms with Crippen LogP contribution in [0.2, 0.25) is 0 Å². The number of halogens is 1. The molecule has 0 heterocycles. The normalized spacial score (nSPS) is 18.1. The molecule has 1 N–H and O–H groups in total. The van der Waals surface area contributed by atoms with Gasteiger partial charge in [0.2, 0.25) is 0 Å². The Balaban J connectivity index is 2.07. The second-order valence-corrected chi connectivity index (χ2v) is 1.98. The molecule has 1 amide bonds. The van der Waals surface area contributed by atoms with Gasteiger partial charge in [-0.15, -0.1) is 0 Å². The van der Waals surface area contributed by atoms with E-state index in [1.807, 2.05) is 0 Å². The van der Waals surface area contributed by atoms with Gasteiger partial charge in [-0.1, -0.05) is 0 Å². The molecular weight excluding hydrogens is 109 g/mol. The largest absolute Gasteiger partial charge is 0.351 e. The van der Waals surface area contributed by atoms with Gasteiger partial charge in [-0.3, -0.25) is 4.79 Å². The fourth-order valence-electron chi connectivity index (χ4n) is 0.494. The minimum Gasteiger partial charge on any atom is -0.351 e. The van der Waals surface area contributed by atoms with Crippen LogP contribution in [-0.4, -0.2) is 18.6 Å². The van der Waals surface area contributed by atoms with Crippen molar-refractivity contribution in [3.63, 3.8) is 0 Å². The summed E-state index contributed by atoms with van der Waals surface area (Å²) >= 11 is 0. The molecule has 0 aromatic carbocycles. The monoisotopic (exact) mass is 117 g/mol. The van der Waals surface area contributed by atoms with Crippen LogP contribution in [0.15, 0.2) is 0 Å². The maximum absolute atomic E-state index is 11.4. The van der Waals surface area contributed by atoms with E-state index < -0.39 is 12.6 Å². The fraction of sp³-hybridized carbons (Fsp3) is 0.800. The standard InChI is InChI=1S/C5H8FNO/c6-3-5(8)7-4-1-2-4/h4H,1-3H2,(H,7,8). The van der Waals surface area contributed by atoms with Crippen molar-refractivity contribution in [2.45, 2.75) is 18.9 Å². The first-order chi connectivity index (χ1) is 3.83. The van der Waals surface area contributed by atoms with Crippen molar-refractivity contribution in [1.82, 2.24) is 5.32 Å². The number of hydrogen-bond donors (Lipinski definition) is 1. The molecule has 1 aliphatic rings. The van der Waals surface area contributed by atoms with Crippen LogP contribution in [0.5, 0.6) is 0 Å². The minimum atomic E-state index is -0.878. The number of alkyl halides is 1. The average molecular weight is 117 g/mol. The molecule has 0 bridgehead atoms. The first kappa shape index (κ1) is 5.54. The molecule has 0 spiro atoms. The Morgan fingerprint density at radius 3 is 2.75 bits per heavy atom. The van der Waals surface area contributed by atoms with Gasteiger partial charge in [0.05, 0.1) is 0 Å². The van der Waals surface area contributed by atoms with Crippen LogP contribution in [-0.2, 0) is 4.79 Å². The van der Waals surface area contributed by atoms with E-state index in [4.69, 9.17) is 0 Å². The summed E-state index contributed by atoms with van der Waals surface area (Å²) in [4.78, 5) is 10.2. The molecule has 0 atom stereocenters. The van der Waals surface area contributed by atoms with E-state index in [0.29, 0.717) is 6.04 Å². The molecular formula is C5H8FNO. The third-order valence-corrected chi connectivity index (χ3v) is 1.06. The molecule has 0 aliphatic heterocycles. The molecule has 46 valence electrons. The van der Waals surface area contributed by atoms with Crippen molar-refractivity contribution >= 4 is 5.91 Å². The van der Waals surface area contributed by atoms with Crippen molar-refractivity contribution in [3.05, 3.63) is 0 Å². The van der Waals surface area contributed by atoms with Gasteiger partial charge in [-0.2, -0.15) is 0 Å². The van der Waals surface area contributed by atoms with Crippen molar-refractivity contribution in [1.29, 1.82) is 0 Å². The quantitative estimate of drug-likeness (QED) is 0.551. The molecule has 1 rings (SSSR count). The van der Waals surface area contributed by atoms with E-state index >= 15 is 0 Å². The third-order valence-electron chi connectivity index (χ3n) is 1.06. The minimum absolute atomic E-state index is 0.290. The summed E-state index contributed by atoms with van der Waals surface area (Å²) in [6.45, 7) is -0.878. The van der Waals surface area contributed by atoms with Crippen molar-refractivity contribution in [2.75, 3.05) is 6.67 Å². The van der Waals surface area contributed by atoms with Gasteiger partial charge in [0.25, 0.3) is 5.91 Å². The summed E-state index contributed by atoms with van der Waals surface area (Å²) in [5, 5.41) is 2.49. The molecule has 1 fully saturated rings. The first-order valence-corrected chi connectivity index (χ1v) is 2.68. The van der Waals surface area contributed by atoms with Crippen LogP contribution < -0.4 is 5.32 Å². The van der Waals surface area contributed by atoms with E-state index in [0.717, 1.165) is 12.8 Å². The topological polar surface area (TPSA) is 29.1 Å². The second-order valence-electron chi connectivity index (χ2n) is 1.98. The van der Waals surface area contributed by atoms with Crippen LogP contribution in [0.25, 0.3) is 0 Å². The Morgan fingerprint density at radius 2 is 2.38 bits per heavy atom. The lowest BCUT2D eigenvalue weighted by atomic mass is 10.6. The van der Waals surface area contributed by atoms with Gasteiger partial charge >= 0.3 is 0 Å². The number of hydrogen-bond acceptors (Lipinski definition) is 1. The highest BCUT2D eigenvalue weighted by molar-refractivity contribution is 5.77. The summed E-state index contributed by atoms with van der Waals surface area (Å²) < 4.78 is 11.4. The van der Waals surface area contributed by atoms with Gasteiger partial charge < -0.3 is 5.32 Å². The smallest absolute Gasteiger partial charge is 0.251 e. The summed E-state index contributed by atoms with van der Waals surface area (Å²) in [7, 11) is 0. The van der Waals surface area contributed by atoms with E-state index in [1.54, 1.807) is 0 Å². The number of rotatable bonds is 2. The highest BCUT2D eigenvalue weighted by atomic mass is 19.1. The van der Waals surface area contributed by atoms with E-state index in [2.05, 4.69) is 5.32 Å². The molecule has 8 heavy (non-hydrogen) atoms. The highest BCUT2D eigenvalue weighted by Gasteiger charge is 2.22. The van der Waals surface area contributed by atoms with Crippen molar-refractivity contribution < 1.29 is 9.18 Å². The zero-order valence-corrected chi connectivity index (χ0v) is 4.48. The van der Waals surface area contributed by atoms with Gasteiger partial charge in [-0.05, 0) is 12.8 Å². The Labute approximate surface area is 47.1 Å². The molecule has 1 saturated carbocycles. The third kappa shape index (κ3) is 1.48. The van der Waals surface area contributed by atoms with Crippen LogP contribution in [0, 0.1) is 0 Å². The summed E-state index contributed by atoms with van der Waals surface area (Å²) in [6.07, 6.45) is 2.04. The lowest BCUT2D eigenvalue weighted by Gasteiger charge is -1.94. The maximum atomic E-state index is 11.4. The lowest BCUT2D eigenvalue weighted by Crippen LogP contribution is -2.26. The predicted octanol–water partition coefficient (Wildman–Crippen LogP) is 0.234. The van der Waals surface area contributed by atoms with Gasteiger partial charge in [0, 0.05) is 6.04 Å². The Morgan fingerprint density at radius 1 is 1.75 bits per heavy atom. The number of amides is 1.